The van der Waals surface area contributed by atoms with E-state index in [1.54, 1.807) is 12.0 Å². The van der Waals surface area contributed by atoms with Gasteiger partial charge in [0.25, 0.3) is 5.91 Å². The SMILES string of the molecule is COCCN(CCO)C(=O)c1cc(C2CC2)nc2c1c(C)nn2C(C)(C)C. The molecule has 0 saturated heterocycles. The summed E-state index contributed by atoms with van der Waals surface area (Å²) < 4.78 is 7.05. The van der Waals surface area contributed by atoms with Crippen LogP contribution >= 0.6 is 0 Å². The third kappa shape index (κ3) is 3.99. The van der Waals surface area contributed by atoms with Gasteiger partial charge < -0.3 is 14.7 Å². The van der Waals surface area contributed by atoms with Crippen LogP contribution in [0.1, 0.15) is 61.3 Å². The lowest BCUT2D eigenvalue weighted by Gasteiger charge is -2.23. The van der Waals surface area contributed by atoms with Gasteiger partial charge in [0.05, 0.1) is 35.4 Å². The number of methoxy groups -OCH3 is 1. The molecular weight excluding hydrogens is 344 g/mol. The maximum atomic E-state index is 13.4. The van der Waals surface area contributed by atoms with E-state index in [1.165, 1.54) is 0 Å². The minimum Gasteiger partial charge on any atom is -0.395 e. The van der Waals surface area contributed by atoms with Gasteiger partial charge in [0.2, 0.25) is 0 Å². The maximum absolute atomic E-state index is 13.4. The molecule has 3 rings (SSSR count). The highest BCUT2D eigenvalue weighted by atomic mass is 16.5. The van der Waals surface area contributed by atoms with Crippen LogP contribution < -0.4 is 0 Å². The predicted octanol–water partition coefficient (Wildman–Crippen LogP) is 2.45. The van der Waals surface area contributed by atoms with Crippen molar-refractivity contribution in [3.63, 3.8) is 0 Å². The summed E-state index contributed by atoms with van der Waals surface area (Å²) in [6, 6.07) is 1.93. The van der Waals surface area contributed by atoms with Crippen molar-refractivity contribution in [3.05, 3.63) is 23.0 Å². The molecule has 1 saturated carbocycles. The fourth-order valence-electron chi connectivity index (χ4n) is 3.34. The Morgan fingerprint density at radius 3 is 2.63 bits per heavy atom. The average Bonchev–Trinajstić information content (AvgIpc) is 3.40. The lowest BCUT2D eigenvalue weighted by atomic mass is 10.1. The maximum Gasteiger partial charge on any atom is 0.254 e. The first kappa shape index (κ1) is 19.8. The van der Waals surface area contributed by atoms with Crippen molar-refractivity contribution < 1.29 is 14.6 Å². The third-order valence-corrected chi connectivity index (χ3v) is 4.92. The van der Waals surface area contributed by atoms with Crippen molar-refractivity contribution in [3.8, 4) is 0 Å². The van der Waals surface area contributed by atoms with Gasteiger partial charge in [-0.15, -0.1) is 0 Å². The summed E-state index contributed by atoms with van der Waals surface area (Å²) in [5, 5.41) is 14.9. The molecule has 27 heavy (non-hydrogen) atoms. The van der Waals surface area contributed by atoms with Gasteiger partial charge in [-0.05, 0) is 46.6 Å². The standard InChI is InChI=1S/C20H30N4O3/c1-13-17-15(19(26)23(8-10-25)9-11-27-5)12-16(14-6-7-14)21-18(17)24(22-13)20(2,3)4/h12,14,25H,6-11H2,1-5H3. The van der Waals surface area contributed by atoms with Gasteiger partial charge in [-0.25, -0.2) is 9.67 Å². The number of rotatable bonds is 7. The number of carbonyl (C=O) groups is 1. The van der Waals surface area contributed by atoms with Crippen LogP contribution in [0.3, 0.4) is 0 Å². The molecule has 7 nitrogen and oxygen atoms in total. The van der Waals surface area contributed by atoms with E-state index in [2.05, 4.69) is 20.8 Å². The molecule has 7 heteroatoms. The minimum atomic E-state index is -0.233. The van der Waals surface area contributed by atoms with E-state index in [0.717, 1.165) is 35.3 Å². The van der Waals surface area contributed by atoms with Crippen molar-refractivity contribution in [2.45, 2.75) is 52.0 Å². The average molecular weight is 374 g/mol. The van der Waals surface area contributed by atoms with Gasteiger partial charge >= 0.3 is 0 Å². The Bertz CT molecular complexity index is 834. The van der Waals surface area contributed by atoms with E-state index < -0.39 is 0 Å². The van der Waals surface area contributed by atoms with Crippen LogP contribution in [0.5, 0.6) is 0 Å². The Hall–Kier alpha value is -1.99. The summed E-state index contributed by atoms with van der Waals surface area (Å²) >= 11 is 0. The Morgan fingerprint density at radius 2 is 2.07 bits per heavy atom. The van der Waals surface area contributed by atoms with Crippen LogP contribution in [0, 0.1) is 6.92 Å². The monoisotopic (exact) mass is 374 g/mol. The molecule has 0 radical (unpaired) electrons. The summed E-state index contributed by atoms with van der Waals surface area (Å²) in [6.07, 6.45) is 2.22. The fraction of sp³-hybridized carbons (Fsp3) is 0.650. The van der Waals surface area contributed by atoms with Crippen LogP contribution in [0.15, 0.2) is 6.07 Å². The topological polar surface area (TPSA) is 80.5 Å². The van der Waals surface area contributed by atoms with E-state index in [0.29, 0.717) is 24.6 Å². The zero-order valence-electron chi connectivity index (χ0n) is 16.9. The number of aliphatic hydroxyl groups excluding tert-OH is 1. The Morgan fingerprint density at radius 1 is 1.37 bits per heavy atom. The van der Waals surface area contributed by atoms with Crippen molar-refractivity contribution in [1.29, 1.82) is 0 Å². The smallest absolute Gasteiger partial charge is 0.254 e. The highest BCUT2D eigenvalue weighted by molar-refractivity contribution is 6.06. The molecule has 0 spiro atoms. The second-order valence-corrected chi connectivity index (χ2v) is 8.24. The number of hydrogen-bond donors (Lipinski definition) is 1. The van der Waals surface area contributed by atoms with Crippen molar-refractivity contribution in [2.75, 3.05) is 33.4 Å². The quantitative estimate of drug-likeness (QED) is 0.805. The number of carbonyl (C=O) groups excluding carboxylic acids is 1. The second-order valence-electron chi connectivity index (χ2n) is 8.24. The molecule has 0 aliphatic heterocycles. The molecule has 2 aromatic heterocycles. The van der Waals surface area contributed by atoms with E-state index in [1.807, 2.05) is 17.7 Å². The zero-order chi connectivity index (χ0) is 19.8. The summed E-state index contributed by atoms with van der Waals surface area (Å²) in [4.78, 5) is 19.9. The molecular formula is C20H30N4O3. The third-order valence-electron chi connectivity index (χ3n) is 4.92. The van der Waals surface area contributed by atoms with Crippen LogP contribution in [-0.2, 0) is 10.3 Å². The number of nitrogens with zero attached hydrogens (tertiary/aromatic N) is 4. The zero-order valence-corrected chi connectivity index (χ0v) is 16.9. The lowest BCUT2D eigenvalue weighted by molar-refractivity contribution is 0.0658. The predicted molar refractivity (Wildman–Crippen MR) is 104 cm³/mol. The Kier molecular flexibility index (Phi) is 5.53. The molecule has 1 fully saturated rings. The first-order valence-corrected chi connectivity index (χ1v) is 9.57. The normalized spacial score (nSPS) is 14.7. The van der Waals surface area contributed by atoms with Crippen LogP contribution in [0.25, 0.3) is 11.0 Å². The van der Waals surface area contributed by atoms with E-state index in [9.17, 15) is 9.90 Å². The van der Waals surface area contributed by atoms with Crippen LogP contribution in [-0.4, -0.2) is 64.1 Å². The number of aryl methyl sites for hydroxylation is 1. The lowest BCUT2D eigenvalue weighted by Crippen LogP contribution is -2.36. The van der Waals surface area contributed by atoms with Crippen molar-refractivity contribution >= 4 is 16.9 Å². The molecule has 1 aliphatic carbocycles. The first-order valence-electron chi connectivity index (χ1n) is 9.57. The number of aliphatic hydroxyl groups is 1. The molecule has 2 aromatic rings. The van der Waals surface area contributed by atoms with Crippen LogP contribution in [0.4, 0.5) is 0 Å². The van der Waals surface area contributed by atoms with E-state index >= 15 is 0 Å². The van der Waals surface area contributed by atoms with Gasteiger partial charge in [-0.1, -0.05) is 0 Å². The van der Waals surface area contributed by atoms with Crippen LogP contribution in [0.2, 0.25) is 0 Å². The number of amides is 1. The van der Waals surface area contributed by atoms with Gasteiger partial charge in [0, 0.05) is 31.8 Å². The summed E-state index contributed by atoms with van der Waals surface area (Å²) in [5.74, 6) is 0.321. The molecule has 148 valence electrons. The van der Waals surface area contributed by atoms with Gasteiger partial charge in [-0.3, -0.25) is 4.79 Å². The number of pyridine rings is 1. The number of fused-ring (bicyclic) bond motifs is 1. The minimum absolute atomic E-state index is 0.0839. The molecule has 2 heterocycles. The fourth-order valence-corrected chi connectivity index (χ4v) is 3.34. The molecule has 1 amide bonds. The Balaban J connectivity index is 2.15. The first-order chi connectivity index (χ1) is 12.8. The summed E-state index contributed by atoms with van der Waals surface area (Å²) in [5.41, 5.74) is 2.92. The summed E-state index contributed by atoms with van der Waals surface area (Å²) in [6.45, 7) is 9.23. The van der Waals surface area contributed by atoms with E-state index in [4.69, 9.17) is 14.8 Å². The van der Waals surface area contributed by atoms with Crippen molar-refractivity contribution in [1.82, 2.24) is 19.7 Å². The number of hydrogen-bond acceptors (Lipinski definition) is 5. The summed E-state index contributed by atoms with van der Waals surface area (Å²) in [7, 11) is 1.61. The Labute approximate surface area is 160 Å². The largest absolute Gasteiger partial charge is 0.395 e. The van der Waals surface area contributed by atoms with Gasteiger partial charge in [0.15, 0.2) is 5.65 Å². The number of ether oxygens (including phenoxy) is 1. The molecule has 0 atom stereocenters. The molecule has 1 N–H and O–H groups in total. The van der Waals surface area contributed by atoms with Gasteiger partial charge in [-0.2, -0.15) is 5.10 Å². The van der Waals surface area contributed by atoms with Crippen molar-refractivity contribution in [2.24, 2.45) is 0 Å². The second kappa shape index (κ2) is 7.56. The molecule has 0 unspecified atom stereocenters. The molecule has 0 bridgehead atoms. The number of aromatic nitrogens is 3. The van der Waals surface area contributed by atoms with E-state index in [-0.39, 0.29) is 24.6 Å². The molecule has 1 aliphatic rings. The van der Waals surface area contributed by atoms with Gasteiger partial charge in [0.1, 0.15) is 0 Å². The highest BCUT2D eigenvalue weighted by Gasteiger charge is 2.31. The highest BCUT2D eigenvalue weighted by Crippen LogP contribution is 2.41. The molecule has 0 aromatic carbocycles.